The average Bonchev–Trinajstić information content (AvgIpc) is 2.99. The molecule has 1 aliphatic heterocycles. The number of fused-ring (bicyclic) bond motifs is 1. The van der Waals surface area contributed by atoms with Crippen LogP contribution in [0.2, 0.25) is 0 Å². The fourth-order valence-electron chi connectivity index (χ4n) is 2.85. The third-order valence-corrected chi connectivity index (χ3v) is 4.30. The third kappa shape index (κ3) is 2.21. The van der Waals surface area contributed by atoms with Crippen molar-refractivity contribution in [3.05, 3.63) is 35.2 Å². The number of nitrogens with zero attached hydrogens (tertiary/aromatic N) is 6. The molecule has 1 fully saturated rings. The molecule has 0 atom stereocenters. The molecule has 6 nitrogen and oxygen atoms in total. The second kappa shape index (κ2) is 4.84. The summed E-state index contributed by atoms with van der Waals surface area (Å²) in [5.74, 6) is 1.62. The highest BCUT2D eigenvalue weighted by Gasteiger charge is 2.30. The van der Waals surface area contributed by atoms with Gasteiger partial charge in [0.05, 0.1) is 10.7 Å². The summed E-state index contributed by atoms with van der Waals surface area (Å²) in [6.07, 6.45) is 5.65. The standard InChI is InChI=1S/C14H15BrN6/c1-19-13-12(3-2-4-16-13)18-14(19)20-6-10(7-20)8-21-9-11(15)5-17-21/h2-5,9-10H,6-8H2,1H3. The third-order valence-electron chi connectivity index (χ3n) is 3.89. The summed E-state index contributed by atoms with van der Waals surface area (Å²) in [5, 5.41) is 4.31. The number of hydrogen-bond donors (Lipinski definition) is 0. The van der Waals surface area contributed by atoms with E-state index in [1.165, 1.54) is 0 Å². The first kappa shape index (κ1) is 12.8. The van der Waals surface area contributed by atoms with Crippen molar-refractivity contribution in [1.82, 2.24) is 24.3 Å². The molecule has 0 aromatic carbocycles. The Labute approximate surface area is 130 Å². The molecule has 0 aliphatic carbocycles. The predicted molar refractivity (Wildman–Crippen MR) is 84.1 cm³/mol. The topological polar surface area (TPSA) is 51.8 Å². The van der Waals surface area contributed by atoms with Crippen molar-refractivity contribution in [2.75, 3.05) is 18.0 Å². The predicted octanol–water partition coefficient (Wildman–Crippen LogP) is 2.06. The molecule has 4 rings (SSSR count). The SMILES string of the molecule is Cn1c(N2CC(Cn3cc(Br)cn3)C2)nc2cccnc21. The highest BCUT2D eigenvalue weighted by molar-refractivity contribution is 9.10. The van der Waals surface area contributed by atoms with E-state index < -0.39 is 0 Å². The Morgan fingerprint density at radius 3 is 2.95 bits per heavy atom. The Morgan fingerprint density at radius 1 is 1.38 bits per heavy atom. The highest BCUT2D eigenvalue weighted by Crippen LogP contribution is 2.27. The molecule has 0 radical (unpaired) electrons. The number of imidazole rings is 1. The maximum absolute atomic E-state index is 4.68. The second-order valence-corrected chi connectivity index (χ2v) is 6.38. The molecule has 0 spiro atoms. The molecule has 21 heavy (non-hydrogen) atoms. The van der Waals surface area contributed by atoms with Crippen LogP contribution < -0.4 is 4.90 Å². The van der Waals surface area contributed by atoms with Crippen molar-refractivity contribution in [3.8, 4) is 0 Å². The number of halogens is 1. The number of hydrogen-bond acceptors (Lipinski definition) is 4. The van der Waals surface area contributed by atoms with Crippen LogP contribution in [0.1, 0.15) is 0 Å². The van der Waals surface area contributed by atoms with Gasteiger partial charge in [-0.25, -0.2) is 9.97 Å². The summed E-state index contributed by atoms with van der Waals surface area (Å²) in [7, 11) is 2.02. The smallest absolute Gasteiger partial charge is 0.207 e. The van der Waals surface area contributed by atoms with Gasteiger partial charge < -0.3 is 4.90 Å². The molecular formula is C14H15BrN6. The Morgan fingerprint density at radius 2 is 2.24 bits per heavy atom. The molecule has 0 unspecified atom stereocenters. The quantitative estimate of drug-likeness (QED) is 0.728. The fraction of sp³-hybridized carbons (Fsp3) is 0.357. The summed E-state index contributed by atoms with van der Waals surface area (Å²) in [6, 6.07) is 3.93. The molecule has 108 valence electrons. The first-order valence-corrected chi connectivity index (χ1v) is 7.70. The van der Waals surface area contributed by atoms with E-state index in [0.717, 1.165) is 41.2 Å². The molecule has 7 heteroatoms. The molecule has 1 saturated heterocycles. The lowest BCUT2D eigenvalue weighted by atomic mass is 10.0. The van der Waals surface area contributed by atoms with Crippen molar-refractivity contribution in [2.24, 2.45) is 13.0 Å². The maximum atomic E-state index is 4.68. The number of pyridine rings is 1. The van der Waals surface area contributed by atoms with Crippen LogP contribution in [-0.2, 0) is 13.6 Å². The zero-order valence-corrected chi connectivity index (χ0v) is 13.2. The number of aryl methyl sites for hydroxylation is 1. The van der Waals surface area contributed by atoms with E-state index in [9.17, 15) is 0 Å². The normalized spacial score (nSPS) is 15.6. The lowest BCUT2D eigenvalue weighted by Gasteiger charge is -2.39. The number of rotatable bonds is 3. The molecule has 0 amide bonds. The zero-order chi connectivity index (χ0) is 14.4. The van der Waals surface area contributed by atoms with E-state index in [1.807, 2.05) is 42.5 Å². The van der Waals surface area contributed by atoms with Crippen LogP contribution in [0.5, 0.6) is 0 Å². The summed E-state index contributed by atoms with van der Waals surface area (Å²) < 4.78 is 5.08. The van der Waals surface area contributed by atoms with Crippen LogP contribution in [0.25, 0.3) is 11.2 Å². The Hall–Kier alpha value is -1.89. The van der Waals surface area contributed by atoms with E-state index in [0.29, 0.717) is 5.92 Å². The van der Waals surface area contributed by atoms with Gasteiger partial charge in [0.2, 0.25) is 5.95 Å². The van der Waals surface area contributed by atoms with E-state index in [1.54, 1.807) is 0 Å². The van der Waals surface area contributed by atoms with Crippen molar-refractivity contribution < 1.29 is 0 Å². The fourth-order valence-corrected chi connectivity index (χ4v) is 3.17. The Kier molecular flexibility index (Phi) is 2.95. The Balaban J connectivity index is 1.48. The van der Waals surface area contributed by atoms with Gasteiger partial charge in [0.25, 0.3) is 0 Å². The average molecular weight is 347 g/mol. The number of aromatic nitrogens is 5. The van der Waals surface area contributed by atoms with Gasteiger partial charge in [-0.2, -0.15) is 5.10 Å². The van der Waals surface area contributed by atoms with Gasteiger partial charge in [-0.3, -0.25) is 9.25 Å². The molecule has 3 aromatic rings. The highest BCUT2D eigenvalue weighted by atomic mass is 79.9. The van der Waals surface area contributed by atoms with Crippen LogP contribution in [0.3, 0.4) is 0 Å². The van der Waals surface area contributed by atoms with E-state index >= 15 is 0 Å². The minimum absolute atomic E-state index is 0.615. The summed E-state index contributed by atoms with van der Waals surface area (Å²) >= 11 is 3.43. The minimum atomic E-state index is 0.615. The van der Waals surface area contributed by atoms with Gasteiger partial charge in [-0.05, 0) is 28.1 Å². The van der Waals surface area contributed by atoms with Crippen molar-refractivity contribution >= 4 is 33.0 Å². The van der Waals surface area contributed by atoms with Gasteiger partial charge in [0, 0.05) is 45.0 Å². The first-order valence-electron chi connectivity index (χ1n) is 6.91. The first-order chi connectivity index (χ1) is 10.2. The van der Waals surface area contributed by atoms with Crippen LogP contribution in [0.15, 0.2) is 35.2 Å². The molecule has 4 heterocycles. The lowest BCUT2D eigenvalue weighted by Crippen LogP contribution is -2.49. The van der Waals surface area contributed by atoms with Crippen LogP contribution >= 0.6 is 15.9 Å². The lowest BCUT2D eigenvalue weighted by molar-refractivity contribution is 0.336. The van der Waals surface area contributed by atoms with Crippen molar-refractivity contribution in [2.45, 2.75) is 6.54 Å². The van der Waals surface area contributed by atoms with E-state index in [-0.39, 0.29) is 0 Å². The largest absolute Gasteiger partial charge is 0.341 e. The summed E-state index contributed by atoms with van der Waals surface area (Å²) in [6.45, 7) is 2.97. The molecule has 0 bridgehead atoms. The minimum Gasteiger partial charge on any atom is -0.341 e. The van der Waals surface area contributed by atoms with Crippen LogP contribution in [-0.4, -0.2) is 37.4 Å². The second-order valence-electron chi connectivity index (χ2n) is 5.47. The zero-order valence-electron chi connectivity index (χ0n) is 11.6. The van der Waals surface area contributed by atoms with Crippen molar-refractivity contribution in [1.29, 1.82) is 0 Å². The Bertz CT molecular complexity index is 786. The molecule has 0 saturated carbocycles. The van der Waals surface area contributed by atoms with Gasteiger partial charge in [0.15, 0.2) is 5.65 Å². The van der Waals surface area contributed by atoms with Crippen molar-refractivity contribution in [3.63, 3.8) is 0 Å². The number of anilines is 1. The van der Waals surface area contributed by atoms with Gasteiger partial charge >= 0.3 is 0 Å². The van der Waals surface area contributed by atoms with Gasteiger partial charge in [-0.15, -0.1) is 0 Å². The molecule has 0 N–H and O–H groups in total. The van der Waals surface area contributed by atoms with Crippen LogP contribution in [0.4, 0.5) is 5.95 Å². The maximum Gasteiger partial charge on any atom is 0.207 e. The van der Waals surface area contributed by atoms with E-state index in [4.69, 9.17) is 0 Å². The van der Waals surface area contributed by atoms with Gasteiger partial charge in [-0.1, -0.05) is 0 Å². The van der Waals surface area contributed by atoms with E-state index in [2.05, 4.69) is 40.5 Å². The van der Waals surface area contributed by atoms with Gasteiger partial charge in [0.1, 0.15) is 5.52 Å². The monoisotopic (exact) mass is 346 g/mol. The molecular weight excluding hydrogens is 332 g/mol. The molecule has 3 aromatic heterocycles. The summed E-state index contributed by atoms with van der Waals surface area (Å²) in [4.78, 5) is 11.4. The molecule has 1 aliphatic rings. The summed E-state index contributed by atoms with van der Waals surface area (Å²) in [5.41, 5.74) is 1.89. The van der Waals surface area contributed by atoms with Crippen LogP contribution in [0, 0.1) is 5.92 Å².